The highest BCUT2D eigenvalue weighted by Crippen LogP contribution is 2.16. The minimum absolute atomic E-state index is 0.0241. The molecule has 0 radical (unpaired) electrons. The highest BCUT2D eigenvalue weighted by atomic mass is 19.1. The number of carbonyl (C=O) groups excluding carboxylic acids is 1. The van der Waals surface area contributed by atoms with Crippen LogP contribution in [0.2, 0.25) is 0 Å². The van der Waals surface area contributed by atoms with Crippen LogP contribution in [0.3, 0.4) is 0 Å². The molecule has 1 aromatic heterocycles. The van der Waals surface area contributed by atoms with E-state index in [1.165, 1.54) is 17.8 Å². The summed E-state index contributed by atoms with van der Waals surface area (Å²) >= 11 is 0. The van der Waals surface area contributed by atoms with Crippen molar-refractivity contribution < 1.29 is 9.18 Å². The quantitative estimate of drug-likeness (QED) is 0.491. The molecule has 0 unspecified atom stereocenters. The lowest BCUT2D eigenvalue weighted by Gasteiger charge is -2.34. The third kappa shape index (κ3) is 6.30. The summed E-state index contributed by atoms with van der Waals surface area (Å²) in [5.74, 6) is 0.217. The lowest BCUT2D eigenvalue weighted by atomic mass is 10.1. The van der Waals surface area contributed by atoms with Gasteiger partial charge >= 0.3 is 0 Å². The Morgan fingerprint density at radius 2 is 1.74 bits per heavy atom. The summed E-state index contributed by atoms with van der Waals surface area (Å²) < 4.78 is 15.2. The molecule has 1 aliphatic heterocycles. The maximum absolute atomic E-state index is 13.1. The molecular formula is C27H34FN5O. The number of nitrogens with one attached hydrogen (secondary N) is 1. The number of nitrogens with zero attached hydrogens (tertiary/aromatic N) is 4. The van der Waals surface area contributed by atoms with Crippen LogP contribution < -0.4 is 5.32 Å². The van der Waals surface area contributed by atoms with Crippen LogP contribution in [0.5, 0.6) is 0 Å². The Hall–Kier alpha value is -3.03. The van der Waals surface area contributed by atoms with Crippen LogP contribution in [0.1, 0.15) is 35.6 Å². The van der Waals surface area contributed by atoms with E-state index in [4.69, 9.17) is 5.10 Å². The molecule has 1 amide bonds. The summed E-state index contributed by atoms with van der Waals surface area (Å²) in [7, 11) is 0. The van der Waals surface area contributed by atoms with Crippen LogP contribution in [0, 0.1) is 11.7 Å². The van der Waals surface area contributed by atoms with Crippen molar-refractivity contribution in [1.29, 1.82) is 0 Å². The lowest BCUT2D eigenvalue weighted by molar-refractivity contribution is 0.0638. The average molecular weight is 464 g/mol. The van der Waals surface area contributed by atoms with Crippen molar-refractivity contribution in [3.8, 4) is 5.69 Å². The highest BCUT2D eigenvalue weighted by molar-refractivity contribution is 5.94. The first-order valence-corrected chi connectivity index (χ1v) is 12.1. The molecule has 1 fully saturated rings. The van der Waals surface area contributed by atoms with Gasteiger partial charge in [0.25, 0.3) is 5.91 Å². The van der Waals surface area contributed by atoms with Crippen molar-refractivity contribution in [2.45, 2.75) is 26.8 Å². The smallest absolute Gasteiger partial charge is 0.253 e. The van der Waals surface area contributed by atoms with Gasteiger partial charge < -0.3 is 10.2 Å². The molecule has 2 heterocycles. The van der Waals surface area contributed by atoms with Crippen LogP contribution in [0.15, 0.2) is 60.7 Å². The standard InChI is InChI=1S/C27H34FN5O/c1-21(2)18-26-19-24(30-33(26)25-6-4-3-5-7-25)20-29-12-13-31-14-16-32(17-15-31)27(34)22-8-10-23(28)11-9-22/h3-11,19,21,29H,12-18,20H2,1-2H3. The first-order valence-electron chi connectivity index (χ1n) is 12.1. The average Bonchev–Trinajstić information content (AvgIpc) is 3.24. The SMILES string of the molecule is CC(C)Cc1cc(CNCCN2CCN(C(=O)c3ccc(F)cc3)CC2)nn1-c1ccccc1. The van der Waals surface area contributed by atoms with Gasteiger partial charge in [0, 0.05) is 57.1 Å². The molecule has 2 aromatic carbocycles. The number of para-hydroxylation sites is 1. The van der Waals surface area contributed by atoms with Crippen molar-refractivity contribution in [3.05, 3.63) is 83.4 Å². The molecule has 0 spiro atoms. The first kappa shape index (κ1) is 24.1. The van der Waals surface area contributed by atoms with Gasteiger partial charge in [-0.3, -0.25) is 9.69 Å². The van der Waals surface area contributed by atoms with Crippen molar-refractivity contribution in [3.63, 3.8) is 0 Å². The number of amides is 1. The van der Waals surface area contributed by atoms with Gasteiger partial charge in [0.2, 0.25) is 0 Å². The zero-order chi connectivity index (χ0) is 23.9. The van der Waals surface area contributed by atoms with E-state index < -0.39 is 0 Å². The number of piperazine rings is 1. The Bertz CT molecular complexity index is 1060. The van der Waals surface area contributed by atoms with E-state index in [0.717, 1.165) is 50.5 Å². The predicted octanol–water partition coefficient (Wildman–Crippen LogP) is 3.76. The first-order chi connectivity index (χ1) is 16.5. The van der Waals surface area contributed by atoms with Crippen LogP contribution in [0.25, 0.3) is 5.69 Å². The second-order valence-electron chi connectivity index (χ2n) is 9.29. The third-order valence-electron chi connectivity index (χ3n) is 6.11. The zero-order valence-corrected chi connectivity index (χ0v) is 20.1. The molecule has 0 atom stereocenters. The fourth-order valence-electron chi connectivity index (χ4n) is 4.32. The van der Waals surface area contributed by atoms with E-state index in [0.29, 0.717) is 24.6 Å². The molecule has 0 saturated carbocycles. The molecule has 4 rings (SSSR count). The summed E-state index contributed by atoms with van der Waals surface area (Å²) in [6, 6.07) is 18.3. The molecule has 3 aromatic rings. The molecule has 34 heavy (non-hydrogen) atoms. The number of hydrogen-bond acceptors (Lipinski definition) is 4. The normalized spacial score (nSPS) is 14.6. The summed E-state index contributed by atoms with van der Waals surface area (Å²) in [5.41, 5.74) is 3.93. The fourth-order valence-corrected chi connectivity index (χ4v) is 4.32. The van der Waals surface area contributed by atoms with Gasteiger partial charge in [-0.15, -0.1) is 0 Å². The van der Waals surface area contributed by atoms with Gasteiger partial charge in [0.1, 0.15) is 5.82 Å². The zero-order valence-electron chi connectivity index (χ0n) is 20.1. The fraction of sp³-hybridized carbons (Fsp3) is 0.407. The Balaban J connectivity index is 1.23. The number of aromatic nitrogens is 2. The van der Waals surface area contributed by atoms with E-state index in [2.05, 4.69) is 46.9 Å². The van der Waals surface area contributed by atoms with Crippen molar-refractivity contribution in [2.75, 3.05) is 39.3 Å². The molecule has 0 aliphatic carbocycles. The van der Waals surface area contributed by atoms with Gasteiger partial charge in [-0.1, -0.05) is 32.0 Å². The molecule has 180 valence electrons. The molecule has 1 N–H and O–H groups in total. The minimum Gasteiger partial charge on any atom is -0.336 e. The van der Waals surface area contributed by atoms with Crippen LogP contribution in [-0.2, 0) is 13.0 Å². The molecule has 1 saturated heterocycles. The number of hydrogen-bond donors (Lipinski definition) is 1. The maximum Gasteiger partial charge on any atom is 0.253 e. The van der Waals surface area contributed by atoms with E-state index in [1.54, 1.807) is 12.1 Å². The summed E-state index contributed by atoms with van der Waals surface area (Å²) in [6.45, 7) is 10.0. The molecule has 7 heteroatoms. The number of halogens is 1. The Morgan fingerprint density at radius 3 is 2.41 bits per heavy atom. The largest absolute Gasteiger partial charge is 0.336 e. The van der Waals surface area contributed by atoms with E-state index in [-0.39, 0.29) is 11.7 Å². The third-order valence-corrected chi connectivity index (χ3v) is 6.11. The van der Waals surface area contributed by atoms with Crippen molar-refractivity contribution >= 4 is 5.91 Å². The Kier molecular flexibility index (Phi) is 8.08. The maximum atomic E-state index is 13.1. The topological polar surface area (TPSA) is 53.4 Å². The minimum atomic E-state index is -0.322. The van der Waals surface area contributed by atoms with Gasteiger partial charge in [-0.25, -0.2) is 9.07 Å². The van der Waals surface area contributed by atoms with Crippen molar-refractivity contribution in [1.82, 2.24) is 24.9 Å². The van der Waals surface area contributed by atoms with E-state index >= 15 is 0 Å². The van der Waals surface area contributed by atoms with Gasteiger partial charge in [-0.05, 0) is 54.8 Å². The number of carbonyl (C=O) groups is 1. The van der Waals surface area contributed by atoms with Gasteiger partial charge in [0.15, 0.2) is 0 Å². The second-order valence-corrected chi connectivity index (χ2v) is 9.29. The molecular weight excluding hydrogens is 429 g/mol. The molecule has 0 bridgehead atoms. The monoisotopic (exact) mass is 463 g/mol. The number of benzene rings is 2. The van der Waals surface area contributed by atoms with Crippen LogP contribution >= 0.6 is 0 Å². The summed E-state index contributed by atoms with van der Waals surface area (Å²) in [6.07, 6.45) is 0.989. The van der Waals surface area contributed by atoms with E-state index in [9.17, 15) is 9.18 Å². The Morgan fingerprint density at radius 1 is 1.03 bits per heavy atom. The van der Waals surface area contributed by atoms with Gasteiger partial charge in [0.05, 0.1) is 11.4 Å². The predicted molar refractivity (Wildman–Crippen MR) is 133 cm³/mol. The van der Waals surface area contributed by atoms with Gasteiger partial charge in [-0.2, -0.15) is 5.10 Å². The lowest BCUT2D eigenvalue weighted by Crippen LogP contribution is -2.50. The second kappa shape index (κ2) is 11.4. The summed E-state index contributed by atoms with van der Waals surface area (Å²) in [5, 5.41) is 8.38. The summed E-state index contributed by atoms with van der Waals surface area (Å²) in [4.78, 5) is 16.8. The number of rotatable bonds is 9. The molecule has 1 aliphatic rings. The van der Waals surface area contributed by atoms with Crippen LogP contribution in [0.4, 0.5) is 4.39 Å². The van der Waals surface area contributed by atoms with E-state index in [1.807, 2.05) is 23.1 Å². The Labute approximate surface area is 201 Å². The van der Waals surface area contributed by atoms with Crippen LogP contribution in [-0.4, -0.2) is 64.8 Å². The molecule has 6 nitrogen and oxygen atoms in total. The highest BCUT2D eigenvalue weighted by Gasteiger charge is 2.22. The van der Waals surface area contributed by atoms with Crippen molar-refractivity contribution in [2.24, 2.45) is 5.92 Å².